The molecule has 3 heteroatoms. The van der Waals surface area contributed by atoms with Crippen LogP contribution < -0.4 is 0 Å². The molecule has 0 aromatic rings. The first-order valence-electron chi connectivity index (χ1n) is 4.33. The molecule has 1 heterocycles. The number of likely N-dealkylation sites (tertiary alicyclic amines) is 1. The molecule has 3 nitrogen and oxygen atoms in total. The number of nitriles is 1. The largest absolute Gasteiger partial charge is 0.375 e. The molecule has 2 unspecified atom stereocenters. The normalized spacial score (nSPS) is 43.9. The molecule has 0 spiro atoms. The maximum Gasteiger partial charge on any atom is 0.158 e. The summed E-state index contributed by atoms with van der Waals surface area (Å²) in [6.45, 7) is 5.45. The Morgan fingerprint density at radius 1 is 1.42 bits per heavy atom. The van der Waals surface area contributed by atoms with E-state index in [4.69, 9.17) is 5.26 Å². The Bertz CT molecular complexity index is 197. The summed E-state index contributed by atoms with van der Waals surface area (Å²) in [7, 11) is 2.02. The third-order valence-electron chi connectivity index (χ3n) is 2.85. The van der Waals surface area contributed by atoms with Gasteiger partial charge in [-0.25, -0.2) is 0 Å². The lowest BCUT2D eigenvalue weighted by Gasteiger charge is -2.42. The number of hydrogen-bond acceptors (Lipinski definition) is 3. The van der Waals surface area contributed by atoms with Gasteiger partial charge in [-0.2, -0.15) is 5.26 Å². The molecule has 1 saturated heterocycles. The molecule has 1 aliphatic rings. The van der Waals surface area contributed by atoms with E-state index in [1.165, 1.54) is 0 Å². The first-order chi connectivity index (χ1) is 5.50. The molecule has 0 bridgehead atoms. The average molecular weight is 168 g/mol. The van der Waals surface area contributed by atoms with Gasteiger partial charge in [0.2, 0.25) is 0 Å². The van der Waals surface area contributed by atoms with Crippen LogP contribution in [0.15, 0.2) is 0 Å². The van der Waals surface area contributed by atoms with Crippen molar-refractivity contribution in [3.05, 3.63) is 0 Å². The fourth-order valence-corrected chi connectivity index (χ4v) is 1.99. The van der Waals surface area contributed by atoms with Crippen molar-refractivity contribution in [2.45, 2.75) is 19.4 Å². The highest BCUT2D eigenvalue weighted by Crippen LogP contribution is 2.31. The highest BCUT2D eigenvalue weighted by molar-refractivity contribution is 5.09. The Balaban J connectivity index is 2.82. The molecule has 2 atom stereocenters. The molecule has 68 valence electrons. The molecule has 0 amide bonds. The Morgan fingerprint density at radius 2 is 1.83 bits per heavy atom. The van der Waals surface area contributed by atoms with Crippen LogP contribution >= 0.6 is 0 Å². The number of aliphatic hydroxyl groups is 1. The topological polar surface area (TPSA) is 47.3 Å². The summed E-state index contributed by atoms with van der Waals surface area (Å²) in [4.78, 5) is 2.15. The molecule has 0 saturated carbocycles. The highest BCUT2D eigenvalue weighted by Gasteiger charge is 2.43. The lowest BCUT2D eigenvalue weighted by Crippen LogP contribution is -2.54. The van der Waals surface area contributed by atoms with E-state index in [0.717, 1.165) is 13.1 Å². The highest BCUT2D eigenvalue weighted by atomic mass is 16.3. The van der Waals surface area contributed by atoms with E-state index in [1.807, 2.05) is 27.0 Å². The summed E-state index contributed by atoms with van der Waals surface area (Å²) in [5.41, 5.74) is -1.12. The Labute approximate surface area is 73.6 Å². The predicted octanol–water partition coefficient (Wildman–Crippen LogP) is 0.459. The van der Waals surface area contributed by atoms with Gasteiger partial charge in [0, 0.05) is 24.9 Å². The van der Waals surface area contributed by atoms with E-state index in [0.29, 0.717) is 0 Å². The third-order valence-corrected chi connectivity index (χ3v) is 2.85. The molecule has 1 N–H and O–H groups in total. The summed E-state index contributed by atoms with van der Waals surface area (Å²) in [6, 6.07) is 2.03. The van der Waals surface area contributed by atoms with E-state index >= 15 is 0 Å². The van der Waals surface area contributed by atoms with Gasteiger partial charge in [-0.15, -0.1) is 0 Å². The summed E-state index contributed by atoms with van der Waals surface area (Å²) in [5.74, 6) is 0.0764. The van der Waals surface area contributed by atoms with Gasteiger partial charge in [0.25, 0.3) is 0 Å². The van der Waals surface area contributed by atoms with Gasteiger partial charge < -0.3 is 10.0 Å². The van der Waals surface area contributed by atoms with Gasteiger partial charge in [-0.05, 0) is 7.05 Å². The minimum atomic E-state index is -1.12. The zero-order valence-corrected chi connectivity index (χ0v) is 7.91. The van der Waals surface area contributed by atoms with Crippen LogP contribution in [-0.2, 0) is 0 Å². The predicted molar refractivity (Wildman–Crippen MR) is 46.4 cm³/mol. The van der Waals surface area contributed by atoms with Gasteiger partial charge in [-0.1, -0.05) is 13.8 Å². The lowest BCUT2D eigenvalue weighted by molar-refractivity contribution is -0.0569. The first kappa shape index (κ1) is 9.50. The van der Waals surface area contributed by atoms with Crippen LogP contribution in [-0.4, -0.2) is 35.7 Å². The van der Waals surface area contributed by atoms with Crippen molar-refractivity contribution < 1.29 is 5.11 Å². The van der Waals surface area contributed by atoms with Crippen molar-refractivity contribution in [3.8, 4) is 6.07 Å². The van der Waals surface area contributed by atoms with E-state index in [1.54, 1.807) is 0 Å². The number of nitrogens with zero attached hydrogens (tertiary/aromatic N) is 2. The van der Waals surface area contributed by atoms with Crippen molar-refractivity contribution in [2.24, 2.45) is 11.8 Å². The van der Waals surface area contributed by atoms with Gasteiger partial charge in [0.05, 0.1) is 6.07 Å². The monoisotopic (exact) mass is 168 g/mol. The van der Waals surface area contributed by atoms with E-state index in [2.05, 4.69) is 4.90 Å². The quantitative estimate of drug-likeness (QED) is 0.534. The summed E-state index contributed by atoms with van der Waals surface area (Å²) < 4.78 is 0. The van der Waals surface area contributed by atoms with E-state index in [9.17, 15) is 5.11 Å². The Morgan fingerprint density at radius 3 is 2.17 bits per heavy atom. The zero-order valence-electron chi connectivity index (χ0n) is 7.91. The Kier molecular flexibility index (Phi) is 2.41. The molecule has 0 aromatic carbocycles. The second-order valence-electron chi connectivity index (χ2n) is 3.96. The van der Waals surface area contributed by atoms with Crippen molar-refractivity contribution in [3.63, 3.8) is 0 Å². The van der Waals surface area contributed by atoms with Crippen molar-refractivity contribution in [2.75, 3.05) is 20.1 Å². The van der Waals surface area contributed by atoms with E-state index < -0.39 is 5.60 Å². The van der Waals surface area contributed by atoms with E-state index in [-0.39, 0.29) is 11.8 Å². The van der Waals surface area contributed by atoms with Crippen molar-refractivity contribution >= 4 is 0 Å². The van der Waals surface area contributed by atoms with Gasteiger partial charge in [-0.3, -0.25) is 0 Å². The average Bonchev–Trinajstić information content (AvgIpc) is 2.00. The summed E-state index contributed by atoms with van der Waals surface area (Å²) in [5, 5.41) is 18.8. The third kappa shape index (κ3) is 1.33. The van der Waals surface area contributed by atoms with Crippen molar-refractivity contribution in [1.29, 1.82) is 5.26 Å². The van der Waals surface area contributed by atoms with Gasteiger partial charge in [0.1, 0.15) is 0 Å². The van der Waals surface area contributed by atoms with Gasteiger partial charge >= 0.3 is 0 Å². The molecule has 0 aliphatic carbocycles. The fraction of sp³-hybridized carbons (Fsp3) is 0.889. The van der Waals surface area contributed by atoms with Crippen LogP contribution in [0.25, 0.3) is 0 Å². The lowest BCUT2D eigenvalue weighted by atomic mass is 9.76. The van der Waals surface area contributed by atoms with Crippen LogP contribution in [0.2, 0.25) is 0 Å². The van der Waals surface area contributed by atoms with Crippen molar-refractivity contribution in [1.82, 2.24) is 4.90 Å². The van der Waals surface area contributed by atoms with Crippen LogP contribution in [0.3, 0.4) is 0 Å². The fourth-order valence-electron chi connectivity index (χ4n) is 1.99. The van der Waals surface area contributed by atoms with Crippen LogP contribution in [0.4, 0.5) is 0 Å². The maximum absolute atomic E-state index is 9.95. The SMILES string of the molecule is CC1CN(C)CC(C)C1(O)C#N. The smallest absolute Gasteiger partial charge is 0.158 e. The second-order valence-corrected chi connectivity index (χ2v) is 3.96. The van der Waals surface area contributed by atoms with Crippen LogP contribution in [0, 0.1) is 23.2 Å². The molecule has 12 heavy (non-hydrogen) atoms. The zero-order chi connectivity index (χ0) is 9.35. The molecule has 1 fully saturated rings. The second kappa shape index (κ2) is 3.04. The number of rotatable bonds is 0. The van der Waals surface area contributed by atoms with Gasteiger partial charge in [0.15, 0.2) is 5.60 Å². The van der Waals surface area contributed by atoms with Crippen LogP contribution in [0.5, 0.6) is 0 Å². The molecule has 0 aromatic heterocycles. The molecule has 1 aliphatic heterocycles. The standard InChI is InChI=1S/C9H16N2O/c1-7-4-11(3)5-8(2)9(7,12)6-10/h7-8,12H,4-5H2,1-3H3. The minimum absolute atomic E-state index is 0.0382. The minimum Gasteiger partial charge on any atom is -0.375 e. The molecular formula is C9H16N2O. The maximum atomic E-state index is 9.95. The summed E-state index contributed by atoms with van der Waals surface area (Å²) in [6.07, 6.45) is 0. The first-order valence-corrected chi connectivity index (χ1v) is 4.33. The molecule has 0 radical (unpaired) electrons. The molecular weight excluding hydrogens is 152 g/mol. The van der Waals surface area contributed by atoms with Crippen LogP contribution in [0.1, 0.15) is 13.8 Å². The number of hydrogen-bond donors (Lipinski definition) is 1. The Hall–Kier alpha value is -0.590. The molecule has 1 rings (SSSR count). The summed E-state index contributed by atoms with van der Waals surface area (Å²) >= 11 is 0. The number of piperidine rings is 1.